The maximum Gasteiger partial charge on any atom is 0.237 e. The second-order valence-corrected chi connectivity index (χ2v) is 7.34. The average Bonchev–Trinajstić information content (AvgIpc) is 3.10. The van der Waals surface area contributed by atoms with Gasteiger partial charge in [0.2, 0.25) is 5.89 Å². The van der Waals surface area contributed by atoms with Gasteiger partial charge in [0.15, 0.2) is 16.8 Å². The van der Waals surface area contributed by atoms with Crippen molar-refractivity contribution in [1.82, 2.24) is 29.9 Å². The Bertz CT molecular complexity index is 1060. The van der Waals surface area contributed by atoms with Gasteiger partial charge in [-0.15, -0.1) is 10.2 Å². The number of fused-ring (bicyclic) bond motifs is 1. The van der Waals surface area contributed by atoms with Crippen LogP contribution in [0.3, 0.4) is 0 Å². The van der Waals surface area contributed by atoms with Crippen LogP contribution in [-0.4, -0.2) is 29.9 Å². The monoisotopic (exact) mass is 366 g/mol. The lowest BCUT2D eigenvalue weighted by Crippen LogP contribution is -1.99. The molecule has 132 valence electrons. The molecule has 1 fully saturated rings. The van der Waals surface area contributed by atoms with Crippen LogP contribution in [-0.2, 0) is 12.2 Å². The molecule has 7 nitrogen and oxygen atoms in total. The molecule has 0 aliphatic heterocycles. The van der Waals surface area contributed by atoms with Gasteiger partial charge in [-0.2, -0.15) is 4.98 Å². The summed E-state index contributed by atoms with van der Waals surface area (Å²) in [5, 5.41) is 15.0. The smallest absolute Gasteiger partial charge is 0.237 e. The van der Waals surface area contributed by atoms with E-state index in [1.165, 1.54) is 18.2 Å². The molecule has 1 saturated carbocycles. The molecule has 1 aliphatic rings. The van der Waals surface area contributed by atoms with Crippen molar-refractivity contribution < 1.29 is 4.52 Å². The van der Waals surface area contributed by atoms with E-state index < -0.39 is 0 Å². The number of nitrogens with one attached hydrogen (secondary N) is 1. The van der Waals surface area contributed by atoms with Gasteiger partial charge in [-0.25, -0.2) is 0 Å². The third-order valence-corrected chi connectivity index (χ3v) is 5.49. The van der Waals surface area contributed by atoms with Crippen molar-refractivity contribution in [1.29, 1.82) is 0 Å². The highest BCUT2D eigenvalue weighted by atomic mass is 32.2. The Labute approximate surface area is 154 Å². The van der Waals surface area contributed by atoms with Crippen molar-refractivity contribution >= 4 is 22.7 Å². The summed E-state index contributed by atoms with van der Waals surface area (Å²) in [5.41, 5.74) is 2.21. The Hall–Kier alpha value is -2.61. The number of nitrogens with zero attached hydrogens (tertiary/aromatic N) is 5. The van der Waals surface area contributed by atoms with Gasteiger partial charge in [0.05, 0.1) is 5.75 Å². The van der Waals surface area contributed by atoms with Crippen LogP contribution >= 0.6 is 11.8 Å². The van der Waals surface area contributed by atoms with Crippen LogP contribution in [0.1, 0.15) is 37.5 Å². The van der Waals surface area contributed by atoms with Gasteiger partial charge < -0.3 is 9.51 Å². The average molecular weight is 366 g/mol. The standard InChI is InChI=1S/C18H18N6OS/c1-2-15-20-16(25-23-15)10-26-18-22-21-17(24(18)11-7-8-11)13-9-19-14-6-4-3-5-12(13)14/h3-6,9,11,19H,2,7-8,10H2,1H3. The van der Waals surface area contributed by atoms with E-state index in [0.717, 1.165) is 34.3 Å². The molecule has 3 aromatic heterocycles. The number of hydrogen-bond donors (Lipinski definition) is 1. The summed E-state index contributed by atoms with van der Waals surface area (Å²) in [6.07, 6.45) is 5.13. The number of aromatic amines is 1. The quantitative estimate of drug-likeness (QED) is 0.519. The maximum atomic E-state index is 5.29. The minimum atomic E-state index is 0.477. The van der Waals surface area contributed by atoms with E-state index in [9.17, 15) is 0 Å². The Morgan fingerprint density at radius 3 is 2.96 bits per heavy atom. The zero-order chi connectivity index (χ0) is 17.5. The maximum absolute atomic E-state index is 5.29. The number of para-hydroxylation sites is 1. The molecule has 8 heteroatoms. The Kier molecular flexibility index (Phi) is 3.77. The van der Waals surface area contributed by atoms with Gasteiger partial charge in [-0.1, -0.05) is 42.0 Å². The first-order valence-electron chi connectivity index (χ1n) is 8.79. The van der Waals surface area contributed by atoms with Crippen LogP contribution in [0.25, 0.3) is 22.3 Å². The molecule has 1 aliphatic carbocycles. The van der Waals surface area contributed by atoms with Crippen LogP contribution in [0.4, 0.5) is 0 Å². The van der Waals surface area contributed by atoms with E-state index in [1.54, 1.807) is 11.8 Å². The van der Waals surface area contributed by atoms with Crippen molar-refractivity contribution in [2.45, 2.75) is 43.1 Å². The van der Waals surface area contributed by atoms with Crippen molar-refractivity contribution in [3.05, 3.63) is 42.2 Å². The van der Waals surface area contributed by atoms with Gasteiger partial charge >= 0.3 is 0 Å². The number of hydrogen-bond acceptors (Lipinski definition) is 6. The van der Waals surface area contributed by atoms with Gasteiger partial charge in [-0.05, 0) is 18.9 Å². The molecule has 4 aromatic rings. The van der Waals surface area contributed by atoms with E-state index in [4.69, 9.17) is 4.52 Å². The fourth-order valence-electron chi connectivity index (χ4n) is 3.10. The van der Waals surface area contributed by atoms with Crippen molar-refractivity contribution in [3.8, 4) is 11.4 Å². The van der Waals surface area contributed by atoms with Crippen LogP contribution in [0, 0.1) is 0 Å². The summed E-state index contributed by atoms with van der Waals surface area (Å²) < 4.78 is 7.55. The third-order valence-electron chi connectivity index (χ3n) is 4.56. The molecule has 1 N–H and O–H groups in total. The summed E-state index contributed by atoms with van der Waals surface area (Å²) in [4.78, 5) is 7.70. The molecule has 0 atom stereocenters. The molecule has 0 bridgehead atoms. The SMILES string of the molecule is CCc1noc(CSc2nnc(-c3c[nH]c4ccccc34)n2C2CC2)n1. The zero-order valence-electron chi connectivity index (χ0n) is 14.3. The van der Waals surface area contributed by atoms with E-state index in [2.05, 4.69) is 42.0 Å². The van der Waals surface area contributed by atoms with Crippen LogP contribution in [0.15, 0.2) is 40.1 Å². The summed E-state index contributed by atoms with van der Waals surface area (Å²) in [6.45, 7) is 2.01. The highest BCUT2D eigenvalue weighted by Gasteiger charge is 2.31. The largest absolute Gasteiger partial charge is 0.360 e. The van der Waals surface area contributed by atoms with Crippen molar-refractivity contribution in [2.24, 2.45) is 0 Å². The number of aryl methyl sites for hydroxylation is 1. The summed E-state index contributed by atoms with van der Waals surface area (Å²) in [7, 11) is 0. The predicted molar refractivity (Wildman–Crippen MR) is 98.8 cm³/mol. The Morgan fingerprint density at radius 2 is 2.15 bits per heavy atom. The highest BCUT2D eigenvalue weighted by molar-refractivity contribution is 7.98. The molecule has 0 saturated heterocycles. The number of H-pyrrole nitrogens is 1. The summed E-state index contributed by atoms with van der Waals surface area (Å²) in [5.74, 6) is 2.90. The molecule has 0 amide bonds. The van der Waals surface area contributed by atoms with Gasteiger partial charge in [0.25, 0.3) is 0 Å². The third kappa shape index (κ3) is 2.70. The first-order valence-corrected chi connectivity index (χ1v) is 9.77. The Morgan fingerprint density at radius 1 is 1.27 bits per heavy atom. The molecule has 5 rings (SSSR count). The van der Waals surface area contributed by atoms with Gasteiger partial charge in [0, 0.05) is 35.1 Å². The van der Waals surface area contributed by atoms with E-state index in [0.29, 0.717) is 17.7 Å². The zero-order valence-corrected chi connectivity index (χ0v) is 15.2. The summed E-state index contributed by atoms with van der Waals surface area (Å²) in [6, 6.07) is 8.75. The van der Waals surface area contributed by atoms with Crippen LogP contribution in [0.5, 0.6) is 0 Å². The minimum absolute atomic E-state index is 0.477. The lowest BCUT2D eigenvalue weighted by Gasteiger charge is -2.07. The molecule has 3 heterocycles. The lowest BCUT2D eigenvalue weighted by molar-refractivity contribution is 0.385. The first kappa shape index (κ1) is 15.6. The van der Waals surface area contributed by atoms with E-state index in [1.807, 2.05) is 25.3 Å². The lowest BCUT2D eigenvalue weighted by atomic mass is 10.1. The molecule has 26 heavy (non-hydrogen) atoms. The number of rotatable bonds is 6. The number of aromatic nitrogens is 6. The Balaban J connectivity index is 1.48. The normalized spacial score (nSPS) is 14.3. The van der Waals surface area contributed by atoms with Gasteiger partial charge in [0.1, 0.15) is 0 Å². The molecule has 1 aromatic carbocycles. The topological polar surface area (TPSA) is 85.4 Å². The number of benzene rings is 1. The fraction of sp³-hybridized carbons (Fsp3) is 0.333. The molecular weight excluding hydrogens is 348 g/mol. The fourth-order valence-corrected chi connectivity index (χ4v) is 3.94. The predicted octanol–water partition coefficient (Wildman–Crippen LogP) is 4.00. The molecule has 0 radical (unpaired) electrons. The molecule has 0 spiro atoms. The van der Waals surface area contributed by atoms with Crippen molar-refractivity contribution in [2.75, 3.05) is 0 Å². The van der Waals surface area contributed by atoms with Crippen molar-refractivity contribution in [3.63, 3.8) is 0 Å². The molecular formula is C18H18N6OS. The van der Waals surface area contributed by atoms with E-state index in [-0.39, 0.29) is 0 Å². The highest BCUT2D eigenvalue weighted by Crippen LogP contribution is 2.42. The minimum Gasteiger partial charge on any atom is -0.360 e. The van der Waals surface area contributed by atoms with Gasteiger partial charge in [-0.3, -0.25) is 4.57 Å². The first-order chi connectivity index (χ1) is 12.8. The van der Waals surface area contributed by atoms with Crippen LogP contribution in [0.2, 0.25) is 0 Å². The second-order valence-electron chi connectivity index (χ2n) is 6.40. The summed E-state index contributed by atoms with van der Waals surface area (Å²) >= 11 is 1.60. The molecule has 0 unspecified atom stereocenters. The second kappa shape index (κ2) is 6.28. The number of thioether (sulfide) groups is 1. The van der Waals surface area contributed by atoms with E-state index >= 15 is 0 Å². The van der Waals surface area contributed by atoms with Crippen LogP contribution < -0.4 is 0 Å².